The molecule has 5 heteroatoms. The van der Waals surface area contributed by atoms with Gasteiger partial charge in [0, 0.05) is 23.9 Å². The van der Waals surface area contributed by atoms with Crippen LogP contribution in [-0.2, 0) is 11.2 Å². The van der Waals surface area contributed by atoms with Crippen molar-refractivity contribution >= 4 is 16.5 Å². The van der Waals surface area contributed by atoms with Crippen LogP contribution in [0, 0.1) is 11.3 Å². The maximum absolute atomic E-state index is 8.86. The zero-order chi connectivity index (χ0) is 11.7. The minimum Gasteiger partial charge on any atom is -0.378 e. The average molecular weight is 249 g/mol. The van der Waals surface area contributed by atoms with Crippen LogP contribution in [0.25, 0.3) is 0 Å². The molecule has 1 aliphatic carbocycles. The van der Waals surface area contributed by atoms with Crippen LogP contribution in [0.2, 0.25) is 0 Å². The third-order valence-corrected chi connectivity index (χ3v) is 4.33. The Hall–Kier alpha value is -1.12. The van der Waals surface area contributed by atoms with Gasteiger partial charge in [0.2, 0.25) is 0 Å². The number of anilines is 1. The lowest BCUT2D eigenvalue weighted by atomic mass is 10.2. The Morgan fingerprint density at radius 2 is 2.18 bits per heavy atom. The summed E-state index contributed by atoms with van der Waals surface area (Å²) in [5.41, 5.74) is 1.19. The molecule has 0 bridgehead atoms. The van der Waals surface area contributed by atoms with Gasteiger partial charge < -0.3 is 9.64 Å². The van der Waals surface area contributed by atoms with Crippen LogP contribution >= 0.6 is 11.3 Å². The van der Waals surface area contributed by atoms with Crippen molar-refractivity contribution < 1.29 is 4.74 Å². The standard InChI is InChI=1S/C12H15N3OS/c13-4-3-10-11(9-1-2-9)14-12(17-10)15-5-7-16-8-6-15/h9H,1-3,5-8H2. The normalized spacial score (nSPS) is 20.3. The van der Waals surface area contributed by atoms with E-state index in [1.165, 1.54) is 23.4 Å². The summed E-state index contributed by atoms with van der Waals surface area (Å²) in [5.74, 6) is 0.629. The predicted octanol–water partition coefficient (Wildman–Crippen LogP) is 1.92. The topological polar surface area (TPSA) is 49.2 Å². The van der Waals surface area contributed by atoms with Crippen LogP contribution in [0.15, 0.2) is 0 Å². The molecule has 90 valence electrons. The van der Waals surface area contributed by atoms with Crippen LogP contribution in [0.5, 0.6) is 0 Å². The summed E-state index contributed by atoms with van der Waals surface area (Å²) in [6.07, 6.45) is 2.99. The summed E-state index contributed by atoms with van der Waals surface area (Å²) in [7, 11) is 0. The molecule has 0 N–H and O–H groups in total. The minimum atomic E-state index is 0.508. The van der Waals surface area contributed by atoms with Gasteiger partial charge >= 0.3 is 0 Å². The van der Waals surface area contributed by atoms with E-state index in [9.17, 15) is 0 Å². The number of nitriles is 1. The summed E-state index contributed by atoms with van der Waals surface area (Å²) in [6.45, 7) is 3.41. The zero-order valence-electron chi connectivity index (χ0n) is 9.69. The van der Waals surface area contributed by atoms with Gasteiger partial charge in [0.25, 0.3) is 0 Å². The highest BCUT2D eigenvalue weighted by molar-refractivity contribution is 7.15. The fraction of sp³-hybridized carbons (Fsp3) is 0.667. The van der Waals surface area contributed by atoms with Gasteiger partial charge in [-0.25, -0.2) is 4.98 Å². The molecule has 1 aromatic heterocycles. The summed E-state index contributed by atoms with van der Waals surface area (Å²) in [4.78, 5) is 8.21. The third kappa shape index (κ3) is 2.28. The molecule has 1 saturated carbocycles. The Morgan fingerprint density at radius 1 is 1.41 bits per heavy atom. The lowest BCUT2D eigenvalue weighted by molar-refractivity contribution is 0.122. The molecular formula is C12H15N3OS. The molecule has 0 amide bonds. The Kier molecular flexibility index (Phi) is 3.00. The maximum atomic E-state index is 8.86. The van der Waals surface area contributed by atoms with E-state index in [1.54, 1.807) is 11.3 Å². The maximum Gasteiger partial charge on any atom is 0.185 e. The van der Waals surface area contributed by atoms with E-state index in [0.717, 1.165) is 31.4 Å². The predicted molar refractivity (Wildman–Crippen MR) is 66.4 cm³/mol. The zero-order valence-corrected chi connectivity index (χ0v) is 10.5. The van der Waals surface area contributed by atoms with Gasteiger partial charge in [0.1, 0.15) is 0 Å². The van der Waals surface area contributed by atoms with Crippen molar-refractivity contribution in [2.24, 2.45) is 0 Å². The van der Waals surface area contributed by atoms with Crippen molar-refractivity contribution in [1.82, 2.24) is 4.98 Å². The molecule has 2 heterocycles. The van der Waals surface area contributed by atoms with E-state index in [1.807, 2.05) is 0 Å². The van der Waals surface area contributed by atoms with Gasteiger partial charge in [-0.15, -0.1) is 11.3 Å². The molecule has 2 aliphatic rings. The van der Waals surface area contributed by atoms with Crippen LogP contribution < -0.4 is 4.90 Å². The molecule has 1 aliphatic heterocycles. The van der Waals surface area contributed by atoms with Gasteiger partial charge in [-0.1, -0.05) is 0 Å². The quantitative estimate of drug-likeness (QED) is 0.821. The fourth-order valence-electron chi connectivity index (χ4n) is 2.11. The summed E-state index contributed by atoms with van der Waals surface area (Å²) in [5, 5.41) is 9.94. The molecule has 17 heavy (non-hydrogen) atoms. The van der Waals surface area contributed by atoms with E-state index < -0.39 is 0 Å². The van der Waals surface area contributed by atoms with Crippen molar-refractivity contribution in [3.8, 4) is 6.07 Å². The molecule has 0 unspecified atom stereocenters. The van der Waals surface area contributed by atoms with Gasteiger partial charge in [-0.05, 0) is 12.8 Å². The second-order valence-electron chi connectivity index (χ2n) is 4.51. The van der Waals surface area contributed by atoms with E-state index in [2.05, 4.69) is 11.0 Å². The number of rotatable bonds is 3. The van der Waals surface area contributed by atoms with Crippen LogP contribution in [0.1, 0.15) is 29.3 Å². The largest absolute Gasteiger partial charge is 0.378 e. The number of hydrogen-bond donors (Lipinski definition) is 0. The van der Waals surface area contributed by atoms with Crippen molar-refractivity contribution in [3.63, 3.8) is 0 Å². The van der Waals surface area contributed by atoms with E-state index >= 15 is 0 Å². The fourth-order valence-corrected chi connectivity index (χ4v) is 3.24. The molecule has 0 aromatic carbocycles. The van der Waals surface area contributed by atoms with E-state index in [-0.39, 0.29) is 0 Å². The van der Waals surface area contributed by atoms with E-state index in [4.69, 9.17) is 15.0 Å². The lowest BCUT2D eigenvalue weighted by Gasteiger charge is -2.26. The minimum absolute atomic E-state index is 0.508. The number of thiazole rings is 1. The summed E-state index contributed by atoms with van der Waals surface area (Å²) >= 11 is 1.70. The molecule has 1 saturated heterocycles. The van der Waals surface area contributed by atoms with E-state index in [0.29, 0.717) is 12.3 Å². The lowest BCUT2D eigenvalue weighted by Crippen LogP contribution is -2.36. The average Bonchev–Trinajstić information content (AvgIpc) is 3.13. The molecule has 2 fully saturated rings. The number of nitrogens with zero attached hydrogens (tertiary/aromatic N) is 3. The first-order chi connectivity index (χ1) is 8.38. The molecule has 0 spiro atoms. The smallest absolute Gasteiger partial charge is 0.185 e. The second-order valence-corrected chi connectivity index (χ2v) is 5.58. The molecular weight excluding hydrogens is 234 g/mol. The van der Waals surface area contributed by atoms with Gasteiger partial charge in [0.05, 0.1) is 31.4 Å². The first-order valence-corrected chi connectivity index (χ1v) is 6.89. The molecule has 1 aromatic rings. The monoisotopic (exact) mass is 249 g/mol. The van der Waals surface area contributed by atoms with Crippen LogP contribution in [0.3, 0.4) is 0 Å². The summed E-state index contributed by atoms with van der Waals surface area (Å²) < 4.78 is 5.35. The Bertz CT molecular complexity index is 441. The van der Waals surface area contributed by atoms with Crippen molar-refractivity contribution in [2.45, 2.75) is 25.2 Å². The Balaban J connectivity index is 1.84. The highest BCUT2D eigenvalue weighted by atomic mass is 32.1. The first-order valence-electron chi connectivity index (χ1n) is 6.07. The third-order valence-electron chi connectivity index (χ3n) is 3.20. The molecule has 3 rings (SSSR count). The first kappa shape index (κ1) is 11.0. The summed E-state index contributed by atoms with van der Waals surface area (Å²) in [6, 6.07) is 2.25. The van der Waals surface area contributed by atoms with Crippen molar-refractivity contribution in [3.05, 3.63) is 10.6 Å². The van der Waals surface area contributed by atoms with Gasteiger partial charge in [0.15, 0.2) is 5.13 Å². The van der Waals surface area contributed by atoms with Crippen LogP contribution in [-0.4, -0.2) is 31.3 Å². The Morgan fingerprint density at radius 3 is 2.82 bits per heavy atom. The Labute approximate surface area is 105 Å². The second kappa shape index (κ2) is 4.63. The number of aromatic nitrogens is 1. The highest BCUT2D eigenvalue weighted by Crippen LogP contribution is 2.44. The SMILES string of the molecule is N#CCc1sc(N2CCOCC2)nc1C1CC1. The van der Waals surface area contributed by atoms with Crippen molar-refractivity contribution in [2.75, 3.05) is 31.2 Å². The number of morpholine rings is 1. The number of hydrogen-bond acceptors (Lipinski definition) is 5. The van der Waals surface area contributed by atoms with Gasteiger partial charge in [-0.2, -0.15) is 5.26 Å². The van der Waals surface area contributed by atoms with Crippen LogP contribution in [0.4, 0.5) is 5.13 Å². The highest BCUT2D eigenvalue weighted by Gasteiger charge is 2.30. The molecule has 0 radical (unpaired) electrons. The molecule has 4 nitrogen and oxygen atoms in total. The van der Waals surface area contributed by atoms with Gasteiger partial charge in [-0.3, -0.25) is 0 Å². The number of ether oxygens (including phenoxy) is 1. The molecule has 0 atom stereocenters. The van der Waals surface area contributed by atoms with Crippen molar-refractivity contribution in [1.29, 1.82) is 5.26 Å².